The second kappa shape index (κ2) is 4.36. The Morgan fingerprint density at radius 3 is 2.23 bits per heavy atom. The van der Waals surface area contributed by atoms with Gasteiger partial charge in [0.15, 0.2) is 5.78 Å². The smallest absolute Gasteiger partial charge is 0.225 e. The van der Waals surface area contributed by atoms with Crippen LogP contribution < -0.4 is 5.73 Å². The zero-order valence-corrected chi connectivity index (χ0v) is 8.95. The summed E-state index contributed by atoms with van der Waals surface area (Å²) in [5.41, 5.74) is 5.43. The summed E-state index contributed by atoms with van der Waals surface area (Å²) >= 11 is 2.14. The van der Waals surface area contributed by atoms with E-state index < -0.39 is 5.91 Å². The van der Waals surface area contributed by atoms with Crippen LogP contribution in [0.15, 0.2) is 24.3 Å². The second-order valence-corrected chi connectivity index (χ2v) is 3.82. The number of carbonyl (C=O) groups is 2. The zero-order chi connectivity index (χ0) is 9.84. The quantitative estimate of drug-likeness (QED) is 0.518. The molecule has 0 atom stereocenters. The van der Waals surface area contributed by atoms with E-state index in [0.29, 0.717) is 5.56 Å². The Labute approximate surface area is 89.5 Å². The highest BCUT2D eigenvalue weighted by molar-refractivity contribution is 14.1. The van der Waals surface area contributed by atoms with Gasteiger partial charge in [-0.05, 0) is 34.7 Å². The third kappa shape index (κ3) is 3.14. The molecular formula is C9H8INO2. The van der Waals surface area contributed by atoms with Crippen LogP contribution in [0.2, 0.25) is 0 Å². The summed E-state index contributed by atoms with van der Waals surface area (Å²) in [5, 5.41) is 0. The number of carbonyl (C=O) groups excluding carboxylic acids is 2. The van der Waals surface area contributed by atoms with Crippen molar-refractivity contribution in [3.05, 3.63) is 33.4 Å². The lowest BCUT2D eigenvalue weighted by Gasteiger charge is -1.97. The molecule has 68 valence electrons. The molecule has 0 saturated carbocycles. The van der Waals surface area contributed by atoms with Crippen molar-refractivity contribution in [3.8, 4) is 0 Å². The topological polar surface area (TPSA) is 60.2 Å². The molecule has 3 nitrogen and oxygen atoms in total. The minimum atomic E-state index is -0.594. The standard InChI is InChI=1S/C9H8INO2/c10-7-3-1-6(2-4-7)8(12)5-9(11)13/h1-4H,5H2,(H2,11,13). The van der Waals surface area contributed by atoms with E-state index in [9.17, 15) is 9.59 Å². The molecule has 0 bridgehead atoms. The zero-order valence-electron chi connectivity index (χ0n) is 6.79. The number of benzene rings is 1. The van der Waals surface area contributed by atoms with E-state index in [2.05, 4.69) is 22.6 Å². The fraction of sp³-hybridized carbons (Fsp3) is 0.111. The summed E-state index contributed by atoms with van der Waals surface area (Å²) in [7, 11) is 0. The van der Waals surface area contributed by atoms with E-state index >= 15 is 0 Å². The Morgan fingerprint density at radius 1 is 1.23 bits per heavy atom. The van der Waals surface area contributed by atoms with Crippen molar-refractivity contribution >= 4 is 34.3 Å². The number of rotatable bonds is 3. The molecule has 0 unspecified atom stereocenters. The number of nitrogens with two attached hydrogens (primary N) is 1. The van der Waals surface area contributed by atoms with Gasteiger partial charge in [0.25, 0.3) is 0 Å². The number of ketones is 1. The van der Waals surface area contributed by atoms with Crippen LogP contribution in [0.1, 0.15) is 16.8 Å². The van der Waals surface area contributed by atoms with Crippen molar-refractivity contribution in [1.82, 2.24) is 0 Å². The molecule has 0 heterocycles. The van der Waals surface area contributed by atoms with Crippen molar-refractivity contribution < 1.29 is 9.59 Å². The minimum Gasteiger partial charge on any atom is -0.369 e. The molecular weight excluding hydrogens is 281 g/mol. The number of hydrogen-bond donors (Lipinski definition) is 1. The predicted molar refractivity (Wildman–Crippen MR) is 57.3 cm³/mol. The number of hydrogen-bond acceptors (Lipinski definition) is 2. The second-order valence-electron chi connectivity index (χ2n) is 2.57. The number of primary amides is 1. The minimum absolute atomic E-state index is 0.222. The lowest BCUT2D eigenvalue weighted by Crippen LogP contribution is -2.16. The molecule has 0 aliphatic heterocycles. The number of amides is 1. The Bertz CT molecular complexity index is 332. The summed E-state index contributed by atoms with van der Waals surface area (Å²) in [5.74, 6) is -0.826. The van der Waals surface area contributed by atoms with Gasteiger partial charge in [-0.25, -0.2) is 0 Å². The molecule has 0 saturated heterocycles. The first-order valence-electron chi connectivity index (χ1n) is 3.66. The van der Waals surface area contributed by atoms with E-state index in [0.717, 1.165) is 3.57 Å². The lowest BCUT2D eigenvalue weighted by molar-refractivity contribution is -0.117. The molecule has 0 spiro atoms. The third-order valence-electron chi connectivity index (χ3n) is 1.50. The first-order valence-corrected chi connectivity index (χ1v) is 4.74. The van der Waals surface area contributed by atoms with Crippen LogP contribution in [0.4, 0.5) is 0 Å². The van der Waals surface area contributed by atoms with Gasteiger partial charge in [0, 0.05) is 9.13 Å². The highest BCUT2D eigenvalue weighted by atomic mass is 127. The van der Waals surface area contributed by atoms with Gasteiger partial charge >= 0.3 is 0 Å². The van der Waals surface area contributed by atoms with Crippen molar-refractivity contribution in [2.75, 3.05) is 0 Å². The Hall–Kier alpha value is -0.910. The maximum atomic E-state index is 11.3. The van der Waals surface area contributed by atoms with Gasteiger partial charge in [0.05, 0.1) is 6.42 Å². The largest absolute Gasteiger partial charge is 0.369 e. The third-order valence-corrected chi connectivity index (χ3v) is 2.22. The maximum absolute atomic E-state index is 11.3. The van der Waals surface area contributed by atoms with Gasteiger partial charge in [-0.1, -0.05) is 12.1 Å². The summed E-state index contributed by atoms with van der Waals surface area (Å²) in [6.07, 6.45) is -0.222. The molecule has 1 amide bonds. The first-order chi connectivity index (χ1) is 6.09. The fourth-order valence-electron chi connectivity index (χ4n) is 0.896. The van der Waals surface area contributed by atoms with Gasteiger partial charge in [0.2, 0.25) is 5.91 Å². The molecule has 0 aliphatic rings. The van der Waals surface area contributed by atoms with Crippen molar-refractivity contribution in [1.29, 1.82) is 0 Å². The van der Waals surface area contributed by atoms with Gasteiger partial charge in [-0.3, -0.25) is 9.59 Å². The van der Waals surface area contributed by atoms with Crippen LogP contribution in [0.25, 0.3) is 0 Å². The first kappa shape index (κ1) is 10.2. The Balaban J connectivity index is 2.78. The number of Topliss-reactive ketones (excluding diaryl/α,β-unsaturated/α-hetero) is 1. The summed E-state index contributed by atoms with van der Waals surface area (Å²) in [6, 6.07) is 7.00. The van der Waals surface area contributed by atoms with Crippen LogP contribution >= 0.6 is 22.6 Å². The SMILES string of the molecule is NC(=O)CC(=O)c1ccc(I)cc1. The molecule has 0 aliphatic carbocycles. The van der Waals surface area contributed by atoms with Crippen LogP contribution in [-0.4, -0.2) is 11.7 Å². The normalized spacial score (nSPS) is 9.62. The van der Waals surface area contributed by atoms with Gasteiger partial charge < -0.3 is 5.73 Å². The van der Waals surface area contributed by atoms with Gasteiger partial charge in [-0.15, -0.1) is 0 Å². The van der Waals surface area contributed by atoms with Crippen molar-refractivity contribution in [2.45, 2.75) is 6.42 Å². The number of halogens is 1. The molecule has 1 aromatic rings. The Morgan fingerprint density at radius 2 is 1.77 bits per heavy atom. The highest BCUT2D eigenvalue weighted by Crippen LogP contribution is 2.08. The molecule has 0 radical (unpaired) electrons. The van der Waals surface area contributed by atoms with E-state index in [1.807, 2.05) is 12.1 Å². The van der Waals surface area contributed by atoms with Crippen molar-refractivity contribution in [3.63, 3.8) is 0 Å². The van der Waals surface area contributed by atoms with Crippen LogP contribution in [0.5, 0.6) is 0 Å². The molecule has 2 N–H and O–H groups in total. The monoisotopic (exact) mass is 289 g/mol. The summed E-state index contributed by atoms with van der Waals surface area (Å²) in [6.45, 7) is 0. The molecule has 1 aromatic carbocycles. The van der Waals surface area contributed by atoms with E-state index in [-0.39, 0.29) is 12.2 Å². The highest BCUT2D eigenvalue weighted by Gasteiger charge is 2.08. The average molecular weight is 289 g/mol. The van der Waals surface area contributed by atoms with Gasteiger partial charge in [-0.2, -0.15) is 0 Å². The Kier molecular flexibility index (Phi) is 3.41. The fourth-order valence-corrected chi connectivity index (χ4v) is 1.26. The van der Waals surface area contributed by atoms with Crippen LogP contribution in [-0.2, 0) is 4.79 Å². The van der Waals surface area contributed by atoms with E-state index in [1.165, 1.54) is 0 Å². The van der Waals surface area contributed by atoms with Gasteiger partial charge in [0.1, 0.15) is 0 Å². The van der Waals surface area contributed by atoms with E-state index in [4.69, 9.17) is 5.73 Å². The average Bonchev–Trinajstić information content (AvgIpc) is 2.04. The lowest BCUT2D eigenvalue weighted by atomic mass is 10.1. The summed E-state index contributed by atoms with van der Waals surface area (Å²) in [4.78, 5) is 21.7. The summed E-state index contributed by atoms with van der Waals surface area (Å²) < 4.78 is 1.05. The molecule has 1 rings (SSSR count). The van der Waals surface area contributed by atoms with Crippen LogP contribution in [0.3, 0.4) is 0 Å². The molecule has 0 fully saturated rings. The maximum Gasteiger partial charge on any atom is 0.225 e. The van der Waals surface area contributed by atoms with Crippen LogP contribution in [0, 0.1) is 3.57 Å². The molecule has 13 heavy (non-hydrogen) atoms. The molecule has 4 heteroatoms. The predicted octanol–water partition coefficient (Wildman–Crippen LogP) is 1.35. The van der Waals surface area contributed by atoms with E-state index in [1.54, 1.807) is 12.1 Å². The molecule has 0 aromatic heterocycles. The van der Waals surface area contributed by atoms with Crippen molar-refractivity contribution in [2.24, 2.45) is 5.73 Å².